The Morgan fingerprint density at radius 3 is 2.21 bits per heavy atom. The molecule has 2 N–H and O–H groups in total. The summed E-state index contributed by atoms with van der Waals surface area (Å²) in [6, 6.07) is 14.1. The predicted molar refractivity (Wildman–Crippen MR) is 186 cm³/mol. The van der Waals surface area contributed by atoms with Crippen molar-refractivity contribution in [1.82, 2.24) is 20.4 Å². The summed E-state index contributed by atoms with van der Waals surface area (Å²) in [5, 5.41) is 10.8. The maximum atomic E-state index is 13.2. The van der Waals surface area contributed by atoms with Crippen molar-refractivity contribution in [2.75, 3.05) is 78.9 Å². The number of nitrogens with zero attached hydrogens (tertiary/aromatic N) is 5. The molecule has 12 nitrogen and oxygen atoms in total. The lowest BCUT2D eigenvalue weighted by atomic mass is 9.85. The molecule has 2 aliphatic rings. The number of piperazine rings is 1. The maximum Gasteiger partial charge on any atom is 0.317 e. The first-order valence-corrected chi connectivity index (χ1v) is 17.4. The van der Waals surface area contributed by atoms with Crippen molar-refractivity contribution >= 4 is 35.1 Å². The van der Waals surface area contributed by atoms with Crippen LogP contribution >= 0.6 is 23.2 Å². The lowest BCUT2D eigenvalue weighted by Gasteiger charge is -2.40. The van der Waals surface area contributed by atoms with Crippen LogP contribution in [0.25, 0.3) is 10.4 Å². The van der Waals surface area contributed by atoms with Crippen LogP contribution in [0.3, 0.4) is 0 Å². The largest absolute Gasteiger partial charge is 0.379 e. The Hall–Kier alpha value is -3.09. The Labute approximate surface area is 293 Å². The molecule has 2 aromatic rings. The van der Waals surface area contributed by atoms with Gasteiger partial charge in [0.1, 0.15) is 0 Å². The fourth-order valence-corrected chi connectivity index (χ4v) is 6.60. The van der Waals surface area contributed by atoms with Crippen molar-refractivity contribution in [3.8, 4) is 0 Å². The zero-order valence-electron chi connectivity index (χ0n) is 27.6. The van der Waals surface area contributed by atoms with Gasteiger partial charge in [-0.3, -0.25) is 9.69 Å². The van der Waals surface area contributed by atoms with E-state index in [9.17, 15) is 9.59 Å². The molecule has 2 fully saturated rings. The van der Waals surface area contributed by atoms with Crippen molar-refractivity contribution in [2.45, 2.75) is 44.7 Å². The molecule has 0 aromatic heterocycles. The molecule has 0 bridgehead atoms. The number of azide groups is 1. The quantitative estimate of drug-likeness (QED) is 0.0930. The highest BCUT2D eigenvalue weighted by Gasteiger charge is 2.32. The van der Waals surface area contributed by atoms with E-state index in [4.69, 9.17) is 42.9 Å². The van der Waals surface area contributed by atoms with E-state index in [1.54, 1.807) is 6.07 Å². The van der Waals surface area contributed by atoms with Gasteiger partial charge >= 0.3 is 6.03 Å². The van der Waals surface area contributed by atoms with Gasteiger partial charge in [0.2, 0.25) is 5.91 Å². The van der Waals surface area contributed by atoms with E-state index in [2.05, 4.69) is 56.7 Å². The van der Waals surface area contributed by atoms with Crippen LogP contribution in [0.1, 0.15) is 48.4 Å². The monoisotopic (exact) mass is 703 g/mol. The van der Waals surface area contributed by atoms with Gasteiger partial charge in [-0.1, -0.05) is 64.2 Å². The molecule has 1 aliphatic carbocycles. The van der Waals surface area contributed by atoms with Crippen LogP contribution in [0.15, 0.2) is 47.6 Å². The summed E-state index contributed by atoms with van der Waals surface area (Å²) in [5.74, 6) is -0.0140. The highest BCUT2D eigenvalue weighted by Crippen LogP contribution is 2.35. The molecule has 14 heteroatoms. The number of ether oxygens (including phenoxy) is 3. The molecule has 0 radical (unpaired) electrons. The number of benzene rings is 2. The first kappa shape index (κ1) is 37.7. The van der Waals surface area contributed by atoms with E-state index in [1.165, 1.54) is 5.56 Å². The Morgan fingerprint density at radius 1 is 0.917 bits per heavy atom. The van der Waals surface area contributed by atoms with Gasteiger partial charge < -0.3 is 29.7 Å². The zero-order chi connectivity index (χ0) is 34.1. The molecule has 3 amide bonds. The lowest BCUT2D eigenvalue weighted by Crippen LogP contribution is -2.54. The van der Waals surface area contributed by atoms with Crippen LogP contribution in [-0.4, -0.2) is 107 Å². The molecule has 4 rings (SSSR count). The SMILES string of the molecule is Cc1ccc(C(c2ccc(Cl)cc2Cl)N2CCN(C(=O)NC3CCC(C(=O)NCCOCCOCCOCCN=[N+]=[N-])CC3)CC2)cc1. The van der Waals surface area contributed by atoms with E-state index in [-0.39, 0.29) is 29.9 Å². The van der Waals surface area contributed by atoms with Gasteiger partial charge in [-0.05, 0) is 61.4 Å². The van der Waals surface area contributed by atoms with Gasteiger partial charge in [-0.2, -0.15) is 0 Å². The fraction of sp³-hybridized carbons (Fsp3) is 0.588. The Morgan fingerprint density at radius 2 is 1.56 bits per heavy atom. The van der Waals surface area contributed by atoms with Crippen LogP contribution in [0.5, 0.6) is 0 Å². The normalized spacial score (nSPS) is 18.9. The first-order chi connectivity index (χ1) is 23.4. The van der Waals surface area contributed by atoms with E-state index in [0.717, 1.165) is 36.8 Å². The van der Waals surface area contributed by atoms with Crippen molar-refractivity contribution in [3.63, 3.8) is 0 Å². The number of rotatable bonds is 17. The van der Waals surface area contributed by atoms with Gasteiger partial charge in [-0.15, -0.1) is 0 Å². The second-order valence-electron chi connectivity index (χ2n) is 12.1. The molecule has 1 saturated heterocycles. The van der Waals surface area contributed by atoms with Crippen molar-refractivity contribution < 1.29 is 23.8 Å². The third-order valence-electron chi connectivity index (χ3n) is 8.73. The van der Waals surface area contributed by atoms with Crippen molar-refractivity contribution in [1.29, 1.82) is 0 Å². The summed E-state index contributed by atoms with van der Waals surface area (Å²) in [4.78, 5) is 32.8. The molecular formula is C34H47Cl2N7O5. The third kappa shape index (κ3) is 12.1. The number of aryl methyl sites for hydroxylation is 1. The summed E-state index contributed by atoms with van der Waals surface area (Å²) in [6.45, 7) is 7.99. The highest BCUT2D eigenvalue weighted by molar-refractivity contribution is 6.35. The van der Waals surface area contributed by atoms with E-state index in [1.807, 2.05) is 17.0 Å². The fourth-order valence-electron chi connectivity index (χ4n) is 6.09. The summed E-state index contributed by atoms with van der Waals surface area (Å²) in [5.41, 5.74) is 11.5. The van der Waals surface area contributed by atoms with E-state index < -0.39 is 0 Å². The van der Waals surface area contributed by atoms with Gasteiger partial charge in [0.15, 0.2) is 0 Å². The maximum absolute atomic E-state index is 13.2. The highest BCUT2D eigenvalue weighted by atomic mass is 35.5. The molecule has 48 heavy (non-hydrogen) atoms. The van der Waals surface area contributed by atoms with Gasteiger partial charge in [0, 0.05) is 66.2 Å². The minimum absolute atomic E-state index is 0.0394. The second-order valence-corrected chi connectivity index (χ2v) is 12.9. The van der Waals surface area contributed by atoms with Gasteiger partial charge in [0.25, 0.3) is 0 Å². The van der Waals surface area contributed by atoms with Crippen molar-refractivity contribution in [3.05, 3.63) is 79.6 Å². The number of hydrogen-bond acceptors (Lipinski definition) is 7. The van der Waals surface area contributed by atoms with Crippen LogP contribution < -0.4 is 10.6 Å². The van der Waals surface area contributed by atoms with Crippen molar-refractivity contribution in [2.24, 2.45) is 11.0 Å². The van der Waals surface area contributed by atoms with Crippen LogP contribution in [-0.2, 0) is 19.0 Å². The number of carbonyl (C=O) groups is 2. The summed E-state index contributed by atoms with van der Waals surface area (Å²) in [6.07, 6.45) is 3.03. The van der Waals surface area contributed by atoms with Gasteiger partial charge in [0.05, 0.1) is 45.7 Å². The lowest BCUT2D eigenvalue weighted by molar-refractivity contribution is -0.126. The van der Waals surface area contributed by atoms with E-state index in [0.29, 0.717) is 89.0 Å². The third-order valence-corrected chi connectivity index (χ3v) is 9.29. The predicted octanol–water partition coefficient (Wildman–Crippen LogP) is 5.75. The Kier molecular flexibility index (Phi) is 16.1. The minimum Gasteiger partial charge on any atom is -0.379 e. The van der Waals surface area contributed by atoms with Gasteiger partial charge in [-0.25, -0.2) is 4.79 Å². The summed E-state index contributed by atoms with van der Waals surface area (Å²) in [7, 11) is 0. The van der Waals surface area contributed by atoms with E-state index >= 15 is 0 Å². The second kappa shape index (κ2) is 20.4. The topological polar surface area (TPSA) is 141 Å². The molecule has 262 valence electrons. The molecular weight excluding hydrogens is 657 g/mol. The van der Waals surface area contributed by atoms with Crippen LogP contribution in [0.2, 0.25) is 10.0 Å². The standard InChI is InChI=1S/C34H47Cl2N7O5/c1-25-2-4-26(5-3-25)32(30-11-8-28(35)24-31(30)36)42-14-16-43(17-15-42)34(45)40-29-9-6-27(7-10-29)33(44)38-12-18-46-20-22-48-23-21-47-19-13-39-41-37/h2-5,8,11,24,27,29,32H,6-7,9-10,12-23H2,1H3,(H,38,44)(H,40,45). The zero-order valence-corrected chi connectivity index (χ0v) is 29.1. The molecule has 1 unspecified atom stereocenters. The number of urea groups is 1. The number of hydrogen-bond donors (Lipinski definition) is 2. The number of halogens is 2. The van der Waals surface area contributed by atoms with Crippen LogP contribution in [0, 0.1) is 12.8 Å². The molecule has 1 heterocycles. The number of nitrogens with one attached hydrogen (secondary N) is 2. The average Bonchev–Trinajstić information content (AvgIpc) is 3.09. The summed E-state index contributed by atoms with van der Waals surface area (Å²) >= 11 is 12.9. The number of carbonyl (C=O) groups excluding carboxylic acids is 2. The molecule has 1 atom stereocenters. The summed E-state index contributed by atoms with van der Waals surface area (Å²) < 4.78 is 16.2. The average molecular weight is 705 g/mol. The minimum atomic E-state index is -0.0534. The molecule has 0 spiro atoms. The smallest absolute Gasteiger partial charge is 0.317 e. The first-order valence-electron chi connectivity index (χ1n) is 16.7. The Bertz CT molecular complexity index is 1350. The Balaban J connectivity index is 1.11. The van der Waals surface area contributed by atoms with Crippen LogP contribution in [0.4, 0.5) is 4.79 Å². The molecule has 2 aromatic carbocycles. The molecule has 1 saturated carbocycles. The number of amides is 3. The molecule has 1 aliphatic heterocycles.